The molecule has 0 spiro atoms. The zero-order valence-electron chi connectivity index (χ0n) is 14.0. The largest absolute Gasteiger partial charge is 0.294 e. The first-order chi connectivity index (χ1) is 12.2. The van der Waals surface area contributed by atoms with Crippen molar-refractivity contribution in [2.75, 3.05) is 0 Å². The van der Waals surface area contributed by atoms with Crippen LogP contribution in [0.1, 0.15) is 11.1 Å². The number of hydrogen-bond donors (Lipinski definition) is 0. The first-order valence-electron chi connectivity index (χ1n) is 8.11. The van der Waals surface area contributed by atoms with E-state index in [1.807, 2.05) is 79.8 Å². The van der Waals surface area contributed by atoms with Crippen LogP contribution in [0.25, 0.3) is 6.08 Å². The second-order valence-electron chi connectivity index (χ2n) is 5.75. The van der Waals surface area contributed by atoms with E-state index in [1.165, 1.54) is 0 Å². The maximum atomic E-state index is 12.1. The van der Waals surface area contributed by atoms with Crippen LogP contribution in [0, 0.1) is 12.8 Å². The van der Waals surface area contributed by atoms with E-state index < -0.39 is 0 Å². The van der Waals surface area contributed by atoms with Gasteiger partial charge in [-0.05, 0) is 42.8 Å². The molecule has 0 aliphatic heterocycles. The van der Waals surface area contributed by atoms with Gasteiger partial charge in [-0.1, -0.05) is 54.6 Å². The lowest BCUT2D eigenvalue weighted by atomic mass is 10.0. The molecule has 0 heterocycles. The standard InChI is InChI=1S/C22H18N2O/c1-17-7-6-11-20(15-17)23-16-24-21-12-5-4-8-18(21)13-14-22(25)19-9-2-3-10-19/h2-15,19H,1H3/b14-13+. The highest BCUT2D eigenvalue weighted by Gasteiger charge is 2.10. The number of allylic oxidation sites excluding steroid dienone is 5. The summed E-state index contributed by atoms with van der Waals surface area (Å²) in [6.07, 6.45) is 10.9. The van der Waals surface area contributed by atoms with Crippen molar-refractivity contribution >= 4 is 29.2 Å². The van der Waals surface area contributed by atoms with Crippen molar-refractivity contribution in [2.45, 2.75) is 6.92 Å². The van der Waals surface area contributed by atoms with Crippen molar-refractivity contribution in [3.63, 3.8) is 0 Å². The summed E-state index contributed by atoms with van der Waals surface area (Å²) < 4.78 is 0. The van der Waals surface area contributed by atoms with Gasteiger partial charge in [0.05, 0.1) is 17.3 Å². The van der Waals surface area contributed by atoms with Crippen LogP contribution in [-0.4, -0.2) is 11.8 Å². The quantitative estimate of drug-likeness (QED) is 0.531. The number of benzene rings is 2. The smallest absolute Gasteiger partial charge is 0.166 e. The van der Waals surface area contributed by atoms with Crippen molar-refractivity contribution in [1.82, 2.24) is 0 Å². The highest BCUT2D eigenvalue weighted by Crippen LogP contribution is 2.21. The molecule has 3 heteroatoms. The molecule has 0 bridgehead atoms. The fourth-order valence-corrected chi connectivity index (χ4v) is 2.47. The van der Waals surface area contributed by atoms with Crippen LogP contribution in [0.4, 0.5) is 11.4 Å². The van der Waals surface area contributed by atoms with E-state index in [9.17, 15) is 4.79 Å². The maximum Gasteiger partial charge on any atom is 0.166 e. The minimum atomic E-state index is -0.158. The van der Waals surface area contributed by atoms with Gasteiger partial charge in [-0.15, -0.1) is 0 Å². The summed E-state index contributed by atoms with van der Waals surface area (Å²) in [6.45, 7) is 2.02. The van der Waals surface area contributed by atoms with Crippen LogP contribution in [0.3, 0.4) is 0 Å². The minimum Gasteiger partial charge on any atom is -0.294 e. The van der Waals surface area contributed by atoms with E-state index in [0.29, 0.717) is 0 Å². The van der Waals surface area contributed by atoms with Crippen molar-refractivity contribution in [1.29, 1.82) is 0 Å². The van der Waals surface area contributed by atoms with Gasteiger partial charge in [0.25, 0.3) is 0 Å². The van der Waals surface area contributed by atoms with E-state index in [1.54, 1.807) is 12.2 Å². The molecule has 0 amide bonds. The van der Waals surface area contributed by atoms with Gasteiger partial charge in [-0.25, -0.2) is 0 Å². The van der Waals surface area contributed by atoms with Crippen molar-refractivity contribution in [3.05, 3.63) is 90.0 Å². The monoisotopic (exact) mass is 326 g/mol. The molecular formula is C22H18N2O. The highest BCUT2D eigenvalue weighted by molar-refractivity contribution is 5.98. The Kier molecular flexibility index (Phi) is 5.30. The van der Waals surface area contributed by atoms with Gasteiger partial charge in [0.2, 0.25) is 0 Å². The molecule has 3 rings (SSSR count). The summed E-state index contributed by atoms with van der Waals surface area (Å²) in [6, 6.07) is 18.2. The molecule has 122 valence electrons. The van der Waals surface area contributed by atoms with E-state index in [2.05, 4.69) is 16.0 Å². The predicted octanol–water partition coefficient (Wildman–Crippen LogP) is 5.46. The Morgan fingerprint density at radius 3 is 2.64 bits per heavy atom. The number of carbonyl (C=O) groups excluding carboxylic acids is 1. The van der Waals surface area contributed by atoms with E-state index in [-0.39, 0.29) is 11.7 Å². The summed E-state index contributed by atoms with van der Waals surface area (Å²) in [5.41, 5.74) is 3.53. The molecule has 0 unspecified atom stereocenters. The Hall–Kier alpha value is -3.29. The second-order valence-corrected chi connectivity index (χ2v) is 5.75. The molecule has 2 aromatic rings. The average molecular weight is 326 g/mol. The Bertz CT molecular complexity index is 917. The lowest BCUT2D eigenvalue weighted by molar-refractivity contribution is -0.115. The summed E-state index contributed by atoms with van der Waals surface area (Å²) in [7, 11) is 0. The fraction of sp³-hybridized carbons (Fsp3) is 0.0909. The van der Waals surface area contributed by atoms with Crippen molar-refractivity contribution in [3.8, 4) is 0 Å². The van der Waals surface area contributed by atoms with Gasteiger partial charge >= 0.3 is 0 Å². The van der Waals surface area contributed by atoms with Gasteiger partial charge in [0, 0.05) is 5.56 Å². The molecule has 0 saturated carbocycles. The van der Waals surface area contributed by atoms with Crippen LogP contribution in [0.2, 0.25) is 0 Å². The third kappa shape index (κ3) is 4.60. The Morgan fingerprint density at radius 1 is 1.04 bits per heavy atom. The number of rotatable bonds is 5. The fourth-order valence-electron chi connectivity index (χ4n) is 2.47. The topological polar surface area (TPSA) is 41.8 Å². The second kappa shape index (κ2) is 8.00. The first kappa shape index (κ1) is 16.6. The number of carbonyl (C=O) groups is 1. The third-order valence-electron chi connectivity index (χ3n) is 3.79. The number of ketones is 1. The van der Waals surface area contributed by atoms with Crippen LogP contribution in [0.5, 0.6) is 0 Å². The average Bonchev–Trinajstić information content (AvgIpc) is 3.15. The molecule has 0 N–H and O–H groups in total. The zero-order valence-corrected chi connectivity index (χ0v) is 14.0. The number of nitrogens with zero attached hydrogens (tertiary/aromatic N) is 2. The van der Waals surface area contributed by atoms with Gasteiger partial charge in [0.1, 0.15) is 6.01 Å². The predicted molar refractivity (Wildman–Crippen MR) is 103 cm³/mol. The highest BCUT2D eigenvalue weighted by atomic mass is 16.1. The van der Waals surface area contributed by atoms with E-state index >= 15 is 0 Å². The third-order valence-corrected chi connectivity index (χ3v) is 3.79. The summed E-state index contributed by atoms with van der Waals surface area (Å²) in [5, 5.41) is 0. The molecule has 1 aliphatic rings. The summed E-state index contributed by atoms with van der Waals surface area (Å²) in [5.74, 6) is -0.105. The number of para-hydroxylation sites is 1. The van der Waals surface area contributed by atoms with Crippen LogP contribution in [-0.2, 0) is 4.79 Å². The SMILES string of the molecule is Cc1cccc(N=C=Nc2ccccc2/C=C/C(=O)C2C=CC=C2)c1. The molecule has 2 aromatic carbocycles. The number of hydrogen-bond acceptors (Lipinski definition) is 3. The number of aliphatic imine (C=N–C) groups is 2. The molecule has 0 saturated heterocycles. The van der Waals surface area contributed by atoms with Gasteiger partial charge in [-0.2, -0.15) is 9.98 Å². The first-order valence-corrected chi connectivity index (χ1v) is 8.11. The molecule has 1 aliphatic carbocycles. The Balaban J connectivity index is 1.79. The Labute approximate surface area is 147 Å². The summed E-state index contributed by atoms with van der Waals surface area (Å²) >= 11 is 0. The van der Waals surface area contributed by atoms with Gasteiger partial charge in [0.15, 0.2) is 5.78 Å². The van der Waals surface area contributed by atoms with Crippen LogP contribution in [0.15, 0.2) is 88.9 Å². The lowest BCUT2D eigenvalue weighted by Crippen LogP contribution is -2.03. The molecule has 25 heavy (non-hydrogen) atoms. The van der Waals surface area contributed by atoms with E-state index in [4.69, 9.17) is 0 Å². The normalized spacial score (nSPS) is 13.2. The van der Waals surface area contributed by atoms with Crippen molar-refractivity contribution < 1.29 is 4.79 Å². The van der Waals surface area contributed by atoms with Gasteiger partial charge < -0.3 is 0 Å². The zero-order chi connectivity index (χ0) is 17.5. The number of aryl methyl sites for hydroxylation is 1. The molecule has 3 nitrogen and oxygen atoms in total. The van der Waals surface area contributed by atoms with Crippen LogP contribution >= 0.6 is 0 Å². The lowest BCUT2D eigenvalue weighted by Gasteiger charge is -2.00. The molecule has 0 aromatic heterocycles. The molecular weight excluding hydrogens is 308 g/mol. The minimum absolute atomic E-state index is 0.0530. The van der Waals surface area contributed by atoms with E-state index in [0.717, 1.165) is 22.5 Å². The summed E-state index contributed by atoms with van der Waals surface area (Å²) in [4.78, 5) is 20.6. The Morgan fingerprint density at radius 2 is 1.84 bits per heavy atom. The maximum absolute atomic E-state index is 12.1. The molecule has 0 radical (unpaired) electrons. The van der Waals surface area contributed by atoms with Gasteiger partial charge in [-0.3, -0.25) is 4.79 Å². The van der Waals surface area contributed by atoms with Crippen LogP contribution < -0.4 is 0 Å². The molecule has 0 atom stereocenters. The van der Waals surface area contributed by atoms with Crippen molar-refractivity contribution in [2.24, 2.45) is 15.9 Å². The molecule has 0 fully saturated rings.